The molecular weight excluding hydrogens is 362 g/mol. The van der Waals surface area contributed by atoms with Crippen LogP contribution < -0.4 is 5.32 Å². The molecule has 0 bridgehead atoms. The van der Waals surface area contributed by atoms with Gasteiger partial charge in [0.2, 0.25) is 0 Å². The Balaban J connectivity index is 1.80. The van der Waals surface area contributed by atoms with Crippen LogP contribution in [0.3, 0.4) is 0 Å². The highest BCUT2D eigenvalue weighted by Gasteiger charge is 2.23. The third kappa shape index (κ3) is 4.07. The fraction of sp³-hybridized carbons (Fsp3) is 0.0588. The quantitative estimate of drug-likeness (QED) is 0.489. The van der Waals surface area contributed by atoms with Gasteiger partial charge in [0.15, 0.2) is 5.17 Å². The van der Waals surface area contributed by atoms with E-state index < -0.39 is 4.92 Å². The first-order valence-corrected chi connectivity index (χ1v) is 8.42. The van der Waals surface area contributed by atoms with Crippen molar-refractivity contribution in [2.24, 2.45) is 4.99 Å². The first kappa shape index (κ1) is 17.2. The number of non-ortho nitro benzene ring substituents is 1. The molecule has 0 unspecified atom stereocenters. The highest BCUT2D eigenvalue weighted by molar-refractivity contribution is 8.18. The van der Waals surface area contributed by atoms with Crippen molar-refractivity contribution in [2.75, 3.05) is 0 Å². The van der Waals surface area contributed by atoms with Crippen molar-refractivity contribution < 1.29 is 9.72 Å². The Morgan fingerprint density at radius 1 is 1.24 bits per heavy atom. The van der Waals surface area contributed by atoms with Gasteiger partial charge in [-0.2, -0.15) is 0 Å². The lowest BCUT2D eigenvalue weighted by atomic mass is 10.2. The summed E-state index contributed by atoms with van der Waals surface area (Å²) in [6.07, 6.45) is 1.66. The van der Waals surface area contributed by atoms with Crippen molar-refractivity contribution in [1.82, 2.24) is 5.32 Å². The van der Waals surface area contributed by atoms with Crippen molar-refractivity contribution in [1.29, 1.82) is 0 Å². The van der Waals surface area contributed by atoms with Crippen molar-refractivity contribution in [3.8, 4) is 0 Å². The maximum Gasteiger partial charge on any atom is 0.269 e. The second kappa shape index (κ2) is 7.08. The summed E-state index contributed by atoms with van der Waals surface area (Å²) in [5.41, 5.74) is 2.30. The number of nitrogens with one attached hydrogen (secondary N) is 1. The van der Waals surface area contributed by atoms with Crippen molar-refractivity contribution in [3.63, 3.8) is 0 Å². The minimum absolute atomic E-state index is 0.00387. The van der Waals surface area contributed by atoms with Crippen LogP contribution in [0.2, 0.25) is 5.02 Å². The summed E-state index contributed by atoms with van der Waals surface area (Å²) in [6.45, 7) is 1.90. The first-order valence-electron chi connectivity index (χ1n) is 7.22. The van der Waals surface area contributed by atoms with E-state index in [2.05, 4.69) is 10.3 Å². The summed E-state index contributed by atoms with van der Waals surface area (Å²) in [7, 11) is 0. The van der Waals surface area contributed by atoms with E-state index in [1.165, 1.54) is 23.9 Å². The van der Waals surface area contributed by atoms with Gasteiger partial charge in [-0.3, -0.25) is 14.9 Å². The maximum atomic E-state index is 12.1. The molecule has 0 radical (unpaired) electrons. The molecule has 1 heterocycles. The predicted octanol–water partition coefficient (Wildman–Crippen LogP) is 4.45. The van der Waals surface area contributed by atoms with Crippen LogP contribution in [0, 0.1) is 17.0 Å². The van der Waals surface area contributed by atoms with E-state index in [4.69, 9.17) is 11.6 Å². The largest absolute Gasteiger partial charge is 0.300 e. The smallest absolute Gasteiger partial charge is 0.269 e. The number of nitro groups is 1. The van der Waals surface area contributed by atoms with Crippen LogP contribution in [0.5, 0.6) is 0 Å². The standard InChI is InChI=1S/C17H12ClN3O3S/c1-10-2-5-12(9-14(10)18)19-17-20-16(22)15(25-17)8-11-3-6-13(7-4-11)21(23)24/h2-9H,1H3,(H,19,20,22). The number of benzene rings is 2. The van der Waals surface area contributed by atoms with E-state index in [0.717, 1.165) is 5.56 Å². The maximum absolute atomic E-state index is 12.1. The molecule has 0 atom stereocenters. The molecule has 126 valence electrons. The normalized spacial score (nSPS) is 17.1. The zero-order chi connectivity index (χ0) is 18.0. The van der Waals surface area contributed by atoms with Gasteiger partial charge in [0, 0.05) is 17.2 Å². The number of amidine groups is 1. The van der Waals surface area contributed by atoms with E-state index in [1.54, 1.807) is 24.3 Å². The number of nitro benzene ring substituents is 1. The molecule has 1 fully saturated rings. The number of aliphatic imine (C=N–C) groups is 1. The molecule has 6 nitrogen and oxygen atoms in total. The van der Waals surface area contributed by atoms with Gasteiger partial charge in [-0.15, -0.1) is 0 Å². The molecule has 25 heavy (non-hydrogen) atoms. The summed E-state index contributed by atoms with van der Waals surface area (Å²) in [5.74, 6) is -0.264. The van der Waals surface area contributed by atoms with E-state index >= 15 is 0 Å². The fourth-order valence-corrected chi connectivity index (χ4v) is 3.11. The van der Waals surface area contributed by atoms with Gasteiger partial charge in [0.1, 0.15) is 0 Å². The highest BCUT2D eigenvalue weighted by Crippen LogP contribution is 2.29. The Hall–Kier alpha value is -2.64. The van der Waals surface area contributed by atoms with Gasteiger partial charge in [-0.05, 0) is 60.2 Å². The molecule has 0 saturated carbocycles. The van der Waals surface area contributed by atoms with Gasteiger partial charge < -0.3 is 5.32 Å². The number of halogens is 1. The van der Waals surface area contributed by atoms with Crippen molar-refractivity contribution >= 4 is 51.9 Å². The summed E-state index contributed by atoms with van der Waals surface area (Å²) < 4.78 is 0. The number of carbonyl (C=O) groups excluding carboxylic acids is 1. The molecule has 8 heteroatoms. The molecule has 0 aromatic heterocycles. The zero-order valence-electron chi connectivity index (χ0n) is 13.0. The SMILES string of the molecule is Cc1ccc(N=C2NC(=O)C(=Cc3ccc([N+](=O)[O-])cc3)S2)cc1Cl. The van der Waals surface area contributed by atoms with Gasteiger partial charge >= 0.3 is 0 Å². The number of thioether (sulfide) groups is 1. The zero-order valence-corrected chi connectivity index (χ0v) is 14.6. The molecule has 1 aliphatic heterocycles. The average molecular weight is 374 g/mol. The molecule has 0 aliphatic carbocycles. The summed E-state index contributed by atoms with van der Waals surface area (Å²) in [5, 5.41) is 14.4. The summed E-state index contributed by atoms with van der Waals surface area (Å²) >= 11 is 7.28. The number of rotatable bonds is 3. The number of carbonyl (C=O) groups is 1. The number of amides is 1. The van der Waals surface area contributed by atoms with E-state index in [1.807, 2.05) is 19.1 Å². The molecular formula is C17H12ClN3O3S. The minimum Gasteiger partial charge on any atom is -0.300 e. The Labute approximate surface area is 152 Å². The first-order chi connectivity index (χ1) is 11.9. The van der Waals surface area contributed by atoms with Crippen LogP contribution in [-0.4, -0.2) is 16.0 Å². The molecule has 1 amide bonds. The van der Waals surface area contributed by atoms with Gasteiger partial charge in [-0.1, -0.05) is 17.7 Å². The topological polar surface area (TPSA) is 84.6 Å². The summed E-state index contributed by atoms with van der Waals surface area (Å²) in [4.78, 5) is 27.1. The molecule has 2 aromatic rings. The number of hydrogen-bond acceptors (Lipinski definition) is 5. The van der Waals surface area contributed by atoms with Crippen LogP contribution in [0.25, 0.3) is 6.08 Å². The lowest BCUT2D eigenvalue weighted by molar-refractivity contribution is -0.384. The Morgan fingerprint density at radius 2 is 1.96 bits per heavy atom. The number of nitrogens with zero attached hydrogens (tertiary/aromatic N) is 2. The number of hydrogen-bond donors (Lipinski definition) is 1. The van der Waals surface area contributed by atoms with Crippen LogP contribution in [-0.2, 0) is 4.79 Å². The molecule has 0 spiro atoms. The van der Waals surface area contributed by atoms with Crippen molar-refractivity contribution in [2.45, 2.75) is 6.92 Å². The van der Waals surface area contributed by atoms with Crippen molar-refractivity contribution in [3.05, 3.63) is 73.6 Å². The molecule has 1 saturated heterocycles. The second-order valence-corrected chi connectivity index (χ2v) is 6.70. The lowest BCUT2D eigenvalue weighted by Gasteiger charge is -2.00. The van der Waals surface area contributed by atoms with Gasteiger partial charge in [0.05, 0.1) is 15.5 Å². The molecule has 3 rings (SSSR count). The predicted molar refractivity (Wildman–Crippen MR) is 100 cm³/mol. The molecule has 1 N–H and O–H groups in total. The molecule has 1 aliphatic rings. The summed E-state index contributed by atoms with van der Waals surface area (Å²) in [6, 6.07) is 11.4. The average Bonchev–Trinajstić information content (AvgIpc) is 2.91. The van der Waals surface area contributed by atoms with E-state index in [0.29, 0.717) is 26.3 Å². The van der Waals surface area contributed by atoms with Crippen LogP contribution in [0.15, 0.2) is 52.4 Å². The highest BCUT2D eigenvalue weighted by atomic mass is 35.5. The van der Waals surface area contributed by atoms with Gasteiger partial charge in [0.25, 0.3) is 11.6 Å². The van der Waals surface area contributed by atoms with Crippen LogP contribution >= 0.6 is 23.4 Å². The monoisotopic (exact) mass is 373 g/mol. The third-order valence-corrected chi connectivity index (χ3v) is 4.76. The fourth-order valence-electron chi connectivity index (χ4n) is 2.09. The second-order valence-electron chi connectivity index (χ2n) is 5.26. The van der Waals surface area contributed by atoms with Gasteiger partial charge in [-0.25, -0.2) is 4.99 Å². The molecule has 2 aromatic carbocycles. The lowest BCUT2D eigenvalue weighted by Crippen LogP contribution is -2.19. The van der Waals surface area contributed by atoms with E-state index in [9.17, 15) is 14.9 Å². The third-order valence-electron chi connectivity index (χ3n) is 3.44. The van der Waals surface area contributed by atoms with Crippen LogP contribution in [0.4, 0.5) is 11.4 Å². The Kier molecular flexibility index (Phi) is 4.87. The Bertz CT molecular complexity index is 923. The minimum atomic E-state index is -0.467. The van der Waals surface area contributed by atoms with E-state index in [-0.39, 0.29) is 11.6 Å². The Morgan fingerprint density at radius 3 is 2.60 bits per heavy atom. The van der Waals surface area contributed by atoms with Crippen LogP contribution in [0.1, 0.15) is 11.1 Å². The number of aryl methyl sites for hydroxylation is 1.